The van der Waals surface area contributed by atoms with E-state index in [1.807, 2.05) is 45.0 Å². The Kier molecular flexibility index (Phi) is 13.9. The zero-order valence-corrected chi connectivity index (χ0v) is 48.1. The van der Waals surface area contributed by atoms with Crippen LogP contribution in [0, 0.1) is 19.0 Å². The SMILES string of the molecule is CC(C)c1cc(C(C)C)c(-c2cc(C(C)C)c(-n3c(-c4[c-]ccc5c4oc4cc6c(ccc7ccccc76)cc45)nc4ccccc43)c(C(C)C)c2)c(C(C)C)c1.[2H]C([2H])([2H])c1cnc(-c2[c-]cccc2)nc1C(C)(C)C.[Ir]. The van der Waals surface area contributed by atoms with E-state index in [4.69, 9.17) is 13.5 Å². The van der Waals surface area contributed by atoms with Crippen molar-refractivity contribution in [3.05, 3.63) is 191 Å². The first kappa shape index (κ1) is 49.2. The average molecular weight is 1170 g/mol. The fourth-order valence-corrected chi connectivity index (χ4v) is 10.7. The van der Waals surface area contributed by atoms with Crippen molar-refractivity contribution in [2.24, 2.45) is 0 Å². The van der Waals surface area contributed by atoms with Crippen LogP contribution in [-0.2, 0) is 25.5 Å². The molecule has 0 saturated carbocycles. The van der Waals surface area contributed by atoms with Crippen molar-refractivity contribution in [3.8, 4) is 39.6 Å². The second-order valence-corrected chi connectivity index (χ2v) is 22.6. The first-order valence-electron chi connectivity index (χ1n) is 28.0. The molecule has 0 fully saturated rings. The van der Waals surface area contributed by atoms with E-state index in [-0.39, 0.29) is 42.9 Å². The summed E-state index contributed by atoms with van der Waals surface area (Å²) in [6.45, 7) is 27.0. The summed E-state index contributed by atoms with van der Waals surface area (Å²) in [7, 11) is 0. The molecule has 0 aliphatic rings. The molecular weight excluding hydrogens is 1090 g/mol. The summed E-state index contributed by atoms with van der Waals surface area (Å²) in [6.07, 6.45) is 1.41. The van der Waals surface area contributed by atoms with Crippen molar-refractivity contribution in [2.75, 3.05) is 0 Å². The van der Waals surface area contributed by atoms with Gasteiger partial charge in [-0.3, -0.25) is 15.0 Å². The Bertz CT molecular complexity index is 3950. The Morgan fingerprint density at radius 3 is 1.88 bits per heavy atom. The second kappa shape index (κ2) is 21.1. The smallest absolute Gasteiger partial charge is 0.121 e. The molecule has 1 radical (unpaired) electrons. The van der Waals surface area contributed by atoms with Gasteiger partial charge >= 0.3 is 0 Å². The van der Waals surface area contributed by atoms with Crippen molar-refractivity contribution >= 4 is 54.5 Å². The molecule has 0 amide bonds. The van der Waals surface area contributed by atoms with E-state index in [2.05, 4.69) is 199 Å². The number of hydrogen-bond acceptors (Lipinski definition) is 4. The topological polar surface area (TPSA) is 56.7 Å². The number of para-hydroxylation sites is 2. The molecule has 75 heavy (non-hydrogen) atoms. The quantitative estimate of drug-likeness (QED) is 0.107. The van der Waals surface area contributed by atoms with E-state index < -0.39 is 6.85 Å². The third kappa shape index (κ3) is 10.0. The molecule has 0 saturated heterocycles. The third-order valence-corrected chi connectivity index (χ3v) is 14.6. The molecule has 0 spiro atoms. The van der Waals surface area contributed by atoms with Crippen LogP contribution in [0.15, 0.2) is 144 Å². The van der Waals surface area contributed by atoms with Crippen LogP contribution in [0.25, 0.3) is 94.1 Å². The summed E-state index contributed by atoms with van der Waals surface area (Å²) in [5.41, 5.74) is 16.6. The number of imidazole rings is 1. The summed E-state index contributed by atoms with van der Waals surface area (Å²) in [5, 5.41) is 7.03. The van der Waals surface area contributed by atoms with Crippen LogP contribution in [0.1, 0.15) is 163 Å². The minimum atomic E-state index is -2.21. The van der Waals surface area contributed by atoms with Gasteiger partial charge in [-0.15, -0.1) is 54.1 Å². The van der Waals surface area contributed by atoms with Crippen LogP contribution in [0.4, 0.5) is 0 Å². The van der Waals surface area contributed by atoms with E-state index in [1.165, 1.54) is 72.4 Å². The van der Waals surface area contributed by atoms with Gasteiger partial charge in [0.05, 0.1) is 28.3 Å². The van der Waals surface area contributed by atoms with Gasteiger partial charge in [-0.2, -0.15) is 0 Å². The summed E-state index contributed by atoms with van der Waals surface area (Å²) in [4.78, 5) is 14.1. The number of nitrogens with zero attached hydrogens (tertiary/aromatic N) is 4. The normalized spacial score (nSPS) is 12.9. The molecule has 8 aromatic carbocycles. The molecule has 383 valence electrons. The fraction of sp³-hybridized carbons (Fsp3) is 0.290. The van der Waals surface area contributed by atoms with Gasteiger partial charge in [0.2, 0.25) is 0 Å². The van der Waals surface area contributed by atoms with E-state index >= 15 is 0 Å². The van der Waals surface area contributed by atoms with Gasteiger partial charge in [0.1, 0.15) is 5.58 Å². The second-order valence-electron chi connectivity index (χ2n) is 22.6. The van der Waals surface area contributed by atoms with Gasteiger partial charge in [0, 0.05) is 52.6 Å². The number of rotatable bonds is 9. The number of benzene rings is 8. The van der Waals surface area contributed by atoms with Gasteiger partial charge in [-0.25, -0.2) is 0 Å². The Hall–Kier alpha value is -6.72. The largest absolute Gasteiger partial charge is 0.501 e. The monoisotopic (exact) mass is 1170 g/mol. The summed E-state index contributed by atoms with van der Waals surface area (Å²) in [6, 6.07) is 54.3. The minimum absolute atomic E-state index is 0. The molecule has 0 aliphatic heterocycles. The zero-order valence-electron chi connectivity index (χ0n) is 48.7. The Balaban J connectivity index is 0.000000297. The van der Waals surface area contributed by atoms with Gasteiger partial charge in [0.25, 0.3) is 0 Å². The standard InChI is InChI=1S/C54H53N2O.C15H17N2.Ir/c1-30(2)37-25-42(31(3)4)51(43(26-37)32(5)6)38-27-44(33(7)8)52(45(28-38)34(9)10)56-49-21-14-13-20-48(49)55-54(56)41-19-15-18-40-47-24-36-23-22-35-16-11-12-17-39(35)46(36)29-50(47)57-53(40)41;1-11-10-16-14(12-8-6-5-7-9-12)17-13(11)15(2,3)4;/h11-18,20-34H,1-10H3;5-8,10H,1-4H3;/q2*-1;/i;1D3;. The third-order valence-electron chi connectivity index (χ3n) is 14.6. The van der Waals surface area contributed by atoms with Crippen molar-refractivity contribution in [2.45, 2.75) is 132 Å². The predicted octanol–water partition coefficient (Wildman–Crippen LogP) is 19.5. The molecule has 0 aliphatic carbocycles. The first-order valence-corrected chi connectivity index (χ1v) is 26.5. The van der Waals surface area contributed by atoms with E-state index in [0.29, 0.717) is 29.3 Å². The molecule has 3 heterocycles. The maximum Gasteiger partial charge on any atom is 0.121 e. The molecule has 0 N–H and O–H groups in total. The van der Waals surface area contributed by atoms with Gasteiger partial charge in [-0.05, 0) is 139 Å². The van der Waals surface area contributed by atoms with Crippen molar-refractivity contribution in [1.29, 1.82) is 0 Å². The Labute approximate surface area is 462 Å². The van der Waals surface area contributed by atoms with Gasteiger partial charge in [-0.1, -0.05) is 162 Å². The van der Waals surface area contributed by atoms with E-state index in [0.717, 1.165) is 49.9 Å². The number of aryl methyl sites for hydroxylation is 1. The Morgan fingerprint density at radius 2 is 1.24 bits per heavy atom. The van der Waals surface area contributed by atoms with Crippen LogP contribution in [-0.4, -0.2) is 19.5 Å². The van der Waals surface area contributed by atoms with Crippen LogP contribution in [0.2, 0.25) is 0 Å². The van der Waals surface area contributed by atoms with Crippen LogP contribution in [0.5, 0.6) is 0 Å². The van der Waals surface area contributed by atoms with E-state index in [1.54, 1.807) is 6.07 Å². The molecule has 0 bridgehead atoms. The zero-order chi connectivity index (χ0) is 54.8. The van der Waals surface area contributed by atoms with Crippen LogP contribution >= 0.6 is 0 Å². The molecule has 6 heteroatoms. The van der Waals surface area contributed by atoms with Gasteiger partial charge in [0.15, 0.2) is 0 Å². The predicted molar refractivity (Wildman–Crippen MR) is 313 cm³/mol. The molecule has 11 aromatic rings. The molecule has 5 nitrogen and oxygen atoms in total. The molecule has 0 atom stereocenters. The number of aromatic nitrogens is 4. The van der Waals surface area contributed by atoms with Crippen LogP contribution in [0.3, 0.4) is 0 Å². The number of fused-ring (bicyclic) bond motifs is 7. The maximum absolute atomic E-state index is 7.61. The average Bonchev–Trinajstić information content (AvgIpc) is 4.20. The maximum atomic E-state index is 7.61. The molecular formula is C69H70IrN4O-2. The van der Waals surface area contributed by atoms with E-state index in [9.17, 15) is 0 Å². The first-order chi connectivity index (χ1) is 36.6. The number of hydrogen-bond donors (Lipinski definition) is 0. The van der Waals surface area contributed by atoms with Crippen LogP contribution < -0.4 is 0 Å². The summed E-state index contributed by atoms with van der Waals surface area (Å²) < 4.78 is 32.2. The molecule has 3 aromatic heterocycles. The fourth-order valence-electron chi connectivity index (χ4n) is 10.7. The molecule has 11 rings (SSSR count). The van der Waals surface area contributed by atoms with Crippen molar-refractivity contribution in [1.82, 2.24) is 19.5 Å². The summed E-state index contributed by atoms with van der Waals surface area (Å²) >= 11 is 0. The minimum Gasteiger partial charge on any atom is -0.501 e. The van der Waals surface area contributed by atoms with Gasteiger partial charge < -0.3 is 8.98 Å². The van der Waals surface area contributed by atoms with Crippen molar-refractivity contribution in [3.63, 3.8) is 0 Å². The number of furan rings is 1. The summed E-state index contributed by atoms with van der Waals surface area (Å²) in [5.74, 6) is 3.10. The molecule has 0 unspecified atom stereocenters. The van der Waals surface area contributed by atoms with Crippen molar-refractivity contribution < 1.29 is 28.6 Å². The Morgan fingerprint density at radius 1 is 0.587 bits per heavy atom.